The second-order valence-corrected chi connectivity index (χ2v) is 4.30. The Kier molecular flexibility index (Phi) is 2.65. The van der Waals surface area contributed by atoms with Crippen molar-refractivity contribution in [2.75, 3.05) is 0 Å². The lowest BCUT2D eigenvalue weighted by Gasteiger charge is -2.02. The van der Waals surface area contributed by atoms with Crippen LogP contribution >= 0.6 is 0 Å². The summed E-state index contributed by atoms with van der Waals surface area (Å²) >= 11 is 0. The zero-order valence-electron chi connectivity index (χ0n) is 6.91. The normalized spacial score (nSPS) is 11.6. The molecule has 13 heavy (non-hydrogen) atoms. The quantitative estimate of drug-likeness (QED) is 0.537. The van der Waals surface area contributed by atoms with Crippen LogP contribution in [0.1, 0.15) is 5.56 Å². The fourth-order valence-electron chi connectivity index (χ4n) is 0.926. The van der Waals surface area contributed by atoms with Gasteiger partial charge in [0.2, 0.25) is 0 Å². The topological polar surface area (TPSA) is 72.2 Å². The maximum atomic E-state index is 12.8. The standard InChI is InChI=1S/C7H9FN2O2S/c1-5-2-6(8)4-7(3-5)13(11,12)10-9/h2-4,10H,9H2,1H3. The zero-order valence-corrected chi connectivity index (χ0v) is 7.73. The molecule has 0 bridgehead atoms. The molecule has 0 aliphatic carbocycles. The van der Waals surface area contributed by atoms with Crippen molar-refractivity contribution >= 4 is 10.0 Å². The molecule has 3 N–H and O–H groups in total. The predicted octanol–water partition coefficient (Wildman–Crippen LogP) is 0.286. The Morgan fingerprint density at radius 2 is 2.00 bits per heavy atom. The minimum atomic E-state index is -3.76. The summed E-state index contributed by atoms with van der Waals surface area (Å²) < 4.78 is 35.0. The van der Waals surface area contributed by atoms with Crippen molar-refractivity contribution in [2.24, 2.45) is 5.84 Å². The van der Waals surface area contributed by atoms with Crippen LogP contribution < -0.4 is 10.7 Å². The van der Waals surface area contributed by atoms with Gasteiger partial charge in [-0.2, -0.15) is 4.83 Å². The van der Waals surface area contributed by atoms with Gasteiger partial charge < -0.3 is 0 Å². The van der Waals surface area contributed by atoms with Crippen molar-refractivity contribution in [1.29, 1.82) is 0 Å². The summed E-state index contributed by atoms with van der Waals surface area (Å²) in [6.45, 7) is 1.60. The van der Waals surface area contributed by atoms with Gasteiger partial charge in [-0.1, -0.05) is 0 Å². The van der Waals surface area contributed by atoms with Gasteiger partial charge in [-0.25, -0.2) is 12.8 Å². The first-order valence-corrected chi connectivity index (χ1v) is 4.93. The number of nitrogens with one attached hydrogen (secondary N) is 1. The van der Waals surface area contributed by atoms with Crippen LogP contribution in [0.4, 0.5) is 4.39 Å². The molecule has 72 valence electrons. The van der Waals surface area contributed by atoms with E-state index in [9.17, 15) is 12.8 Å². The van der Waals surface area contributed by atoms with Crippen LogP contribution in [0.3, 0.4) is 0 Å². The molecule has 1 aromatic rings. The third kappa shape index (κ3) is 2.24. The minimum Gasteiger partial charge on any atom is -0.257 e. The van der Waals surface area contributed by atoms with Crippen molar-refractivity contribution in [3.8, 4) is 0 Å². The highest BCUT2D eigenvalue weighted by atomic mass is 32.2. The molecule has 0 saturated heterocycles. The molecule has 1 rings (SSSR count). The molecule has 0 radical (unpaired) electrons. The Morgan fingerprint density at radius 3 is 2.46 bits per heavy atom. The highest BCUT2D eigenvalue weighted by Crippen LogP contribution is 2.12. The molecule has 4 nitrogen and oxygen atoms in total. The fourth-order valence-corrected chi connectivity index (χ4v) is 1.67. The van der Waals surface area contributed by atoms with Crippen molar-refractivity contribution in [3.63, 3.8) is 0 Å². The number of hydrogen-bond donors (Lipinski definition) is 2. The molecule has 0 atom stereocenters. The first-order valence-electron chi connectivity index (χ1n) is 3.45. The summed E-state index contributed by atoms with van der Waals surface area (Å²) in [5, 5.41) is 0. The van der Waals surface area contributed by atoms with Crippen molar-refractivity contribution in [1.82, 2.24) is 4.83 Å². The molecule has 0 aromatic heterocycles. The van der Waals surface area contributed by atoms with Gasteiger partial charge in [0.1, 0.15) is 5.82 Å². The molecule has 0 amide bonds. The summed E-state index contributed by atoms with van der Waals surface area (Å²) in [5.41, 5.74) is 0.522. The molecular weight excluding hydrogens is 195 g/mol. The van der Waals surface area contributed by atoms with Gasteiger partial charge in [-0.15, -0.1) is 0 Å². The van der Waals surface area contributed by atoms with E-state index >= 15 is 0 Å². The number of benzene rings is 1. The second-order valence-electron chi connectivity index (χ2n) is 2.59. The highest BCUT2D eigenvalue weighted by molar-refractivity contribution is 7.89. The van der Waals surface area contributed by atoms with Crippen molar-refractivity contribution in [3.05, 3.63) is 29.6 Å². The van der Waals surface area contributed by atoms with Crippen LogP contribution in [0.5, 0.6) is 0 Å². The van der Waals surface area contributed by atoms with E-state index in [1.54, 1.807) is 11.8 Å². The van der Waals surface area contributed by atoms with Crippen LogP contribution in [-0.2, 0) is 10.0 Å². The molecule has 0 unspecified atom stereocenters. The Balaban J connectivity index is 3.32. The molecule has 0 saturated carbocycles. The van der Waals surface area contributed by atoms with E-state index in [0.717, 1.165) is 6.07 Å². The molecule has 0 fully saturated rings. The summed E-state index contributed by atoms with van der Waals surface area (Å²) in [4.78, 5) is 1.44. The number of aryl methyl sites for hydroxylation is 1. The first kappa shape index (κ1) is 10.1. The third-order valence-electron chi connectivity index (χ3n) is 1.48. The van der Waals surface area contributed by atoms with E-state index in [1.807, 2.05) is 0 Å². The van der Waals surface area contributed by atoms with E-state index < -0.39 is 15.8 Å². The van der Waals surface area contributed by atoms with Crippen LogP contribution in [0.2, 0.25) is 0 Å². The lowest BCUT2D eigenvalue weighted by molar-refractivity contribution is 0.579. The lowest BCUT2D eigenvalue weighted by atomic mass is 10.2. The number of nitrogens with two attached hydrogens (primary N) is 1. The molecular formula is C7H9FN2O2S. The Hall–Kier alpha value is -0.980. The lowest BCUT2D eigenvalue weighted by Crippen LogP contribution is -2.30. The minimum absolute atomic E-state index is 0.174. The number of hydrogen-bond acceptors (Lipinski definition) is 3. The van der Waals surface area contributed by atoms with E-state index in [0.29, 0.717) is 5.56 Å². The van der Waals surface area contributed by atoms with Gasteiger partial charge in [-0.3, -0.25) is 5.84 Å². The van der Waals surface area contributed by atoms with Crippen molar-refractivity contribution < 1.29 is 12.8 Å². The predicted molar refractivity (Wildman–Crippen MR) is 45.6 cm³/mol. The summed E-state index contributed by atoms with van der Waals surface area (Å²) in [7, 11) is -3.76. The van der Waals surface area contributed by atoms with Crippen LogP contribution in [0.25, 0.3) is 0 Å². The average molecular weight is 204 g/mol. The number of hydrazine groups is 1. The molecule has 0 aliphatic rings. The fraction of sp³-hybridized carbons (Fsp3) is 0.143. The average Bonchev–Trinajstić information content (AvgIpc) is 2.02. The van der Waals surface area contributed by atoms with E-state index in [4.69, 9.17) is 5.84 Å². The Bertz CT molecular complexity index is 396. The van der Waals surface area contributed by atoms with Crippen molar-refractivity contribution in [2.45, 2.75) is 11.8 Å². The Morgan fingerprint density at radius 1 is 1.38 bits per heavy atom. The second kappa shape index (κ2) is 3.41. The van der Waals surface area contributed by atoms with E-state index in [2.05, 4.69) is 0 Å². The van der Waals surface area contributed by atoms with Crippen LogP contribution in [-0.4, -0.2) is 8.42 Å². The van der Waals surface area contributed by atoms with Gasteiger partial charge in [-0.05, 0) is 30.7 Å². The largest absolute Gasteiger partial charge is 0.257 e. The molecule has 0 heterocycles. The van der Waals surface area contributed by atoms with E-state index in [-0.39, 0.29) is 4.90 Å². The number of halogens is 1. The number of rotatable bonds is 2. The molecule has 6 heteroatoms. The van der Waals surface area contributed by atoms with Crippen LogP contribution in [0, 0.1) is 12.7 Å². The highest BCUT2D eigenvalue weighted by Gasteiger charge is 2.12. The number of sulfonamides is 1. The van der Waals surface area contributed by atoms with Gasteiger partial charge in [0.25, 0.3) is 10.0 Å². The zero-order chi connectivity index (χ0) is 10.1. The maximum absolute atomic E-state index is 12.8. The van der Waals surface area contributed by atoms with Gasteiger partial charge >= 0.3 is 0 Å². The Labute approximate surface area is 75.6 Å². The molecule has 0 aliphatic heterocycles. The van der Waals surface area contributed by atoms with Gasteiger partial charge in [0, 0.05) is 0 Å². The smallest absolute Gasteiger partial charge is 0.253 e. The van der Waals surface area contributed by atoms with Gasteiger partial charge in [0.15, 0.2) is 0 Å². The molecule has 0 spiro atoms. The van der Waals surface area contributed by atoms with E-state index in [1.165, 1.54) is 12.1 Å². The summed E-state index contributed by atoms with van der Waals surface area (Å²) in [6, 6.07) is 3.47. The van der Waals surface area contributed by atoms with Crippen LogP contribution in [0.15, 0.2) is 23.1 Å². The maximum Gasteiger partial charge on any atom is 0.253 e. The summed E-state index contributed by atoms with van der Waals surface area (Å²) in [5.74, 6) is 4.18. The third-order valence-corrected chi connectivity index (χ3v) is 2.65. The summed E-state index contributed by atoms with van der Waals surface area (Å²) in [6.07, 6.45) is 0. The first-order chi connectivity index (χ1) is 5.95. The SMILES string of the molecule is Cc1cc(F)cc(S(=O)(=O)NN)c1. The molecule has 1 aromatic carbocycles. The monoisotopic (exact) mass is 204 g/mol. The van der Waals surface area contributed by atoms with Gasteiger partial charge in [0.05, 0.1) is 4.90 Å².